The SMILES string of the molecule is Cc1cccc(NC(c2ccc(Cl)cc2Cl)c2cc(Cl)c3ccc(C)nc3c2O)n1. The zero-order valence-electron chi connectivity index (χ0n) is 16.2. The summed E-state index contributed by atoms with van der Waals surface area (Å²) in [5.41, 5.74) is 3.34. The molecular formula is C23H18Cl3N3O. The molecule has 1 unspecified atom stereocenters. The predicted molar refractivity (Wildman–Crippen MR) is 124 cm³/mol. The summed E-state index contributed by atoms with van der Waals surface area (Å²) in [5, 5.41) is 16.7. The number of halogens is 3. The van der Waals surface area contributed by atoms with E-state index in [0.717, 1.165) is 17.0 Å². The van der Waals surface area contributed by atoms with Gasteiger partial charge in [0, 0.05) is 32.4 Å². The molecule has 0 aliphatic carbocycles. The molecule has 4 nitrogen and oxygen atoms in total. The number of phenols is 1. The van der Waals surface area contributed by atoms with Gasteiger partial charge in [-0.1, -0.05) is 46.9 Å². The van der Waals surface area contributed by atoms with Crippen LogP contribution in [0, 0.1) is 13.8 Å². The fourth-order valence-electron chi connectivity index (χ4n) is 3.40. The Morgan fingerprint density at radius 3 is 2.33 bits per heavy atom. The highest BCUT2D eigenvalue weighted by atomic mass is 35.5. The smallest absolute Gasteiger partial charge is 0.147 e. The van der Waals surface area contributed by atoms with Gasteiger partial charge < -0.3 is 10.4 Å². The van der Waals surface area contributed by atoms with Crippen LogP contribution in [0.25, 0.3) is 10.9 Å². The number of fused-ring (bicyclic) bond motifs is 1. The van der Waals surface area contributed by atoms with Crippen molar-refractivity contribution in [3.8, 4) is 5.75 Å². The van der Waals surface area contributed by atoms with E-state index in [-0.39, 0.29) is 5.75 Å². The van der Waals surface area contributed by atoms with Gasteiger partial charge in [-0.05, 0) is 61.9 Å². The quantitative estimate of drug-likeness (QED) is 0.342. The van der Waals surface area contributed by atoms with Crippen LogP contribution in [0.15, 0.2) is 54.6 Å². The van der Waals surface area contributed by atoms with Gasteiger partial charge in [-0.15, -0.1) is 0 Å². The highest BCUT2D eigenvalue weighted by Gasteiger charge is 2.24. The molecule has 152 valence electrons. The van der Waals surface area contributed by atoms with Gasteiger partial charge >= 0.3 is 0 Å². The Balaban J connectivity index is 1.94. The van der Waals surface area contributed by atoms with E-state index >= 15 is 0 Å². The molecule has 2 N–H and O–H groups in total. The average molecular weight is 459 g/mol. The van der Waals surface area contributed by atoms with E-state index in [1.165, 1.54) is 0 Å². The van der Waals surface area contributed by atoms with Crippen molar-refractivity contribution < 1.29 is 5.11 Å². The van der Waals surface area contributed by atoms with Gasteiger partial charge in [-0.25, -0.2) is 9.97 Å². The Kier molecular flexibility index (Phi) is 5.74. The van der Waals surface area contributed by atoms with Crippen LogP contribution in [0.5, 0.6) is 5.75 Å². The second-order valence-corrected chi connectivity index (χ2v) is 8.30. The molecule has 0 saturated carbocycles. The lowest BCUT2D eigenvalue weighted by Gasteiger charge is -2.23. The first-order valence-electron chi connectivity index (χ1n) is 9.27. The number of pyridine rings is 2. The van der Waals surface area contributed by atoms with Gasteiger partial charge in [0.15, 0.2) is 0 Å². The number of rotatable bonds is 4. The largest absolute Gasteiger partial charge is 0.505 e. The summed E-state index contributed by atoms with van der Waals surface area (Å²) < 4.78 is 0. The summed E-state index contributed by atoms with van der Waals surface area (Å²) in [6, 6.07) is 15.8. The van der Waals surface area contributed by atoms with E-state index in [9.17, 15) is 5.11 Å². The van der Waals surface area contributed by atoms with Crippen molar-refractivity contribution in [1.29, 1.82) is 0 Å². The fourth-order valence-corrected chi connectivity index (χ4v) is 4.19. The molecule has 0 fully saturated rings. The standard InChI is InChI=1S/C23H18Cl3N3O/c1-12-4-3-5-20(27-12)29-21(15-9-7-14(24)10-18(15)25)17-11-19(26)16-8-6-13(2)28-22(16)23(17)30/h3-11,21,30H,1-2H3,(H,27,29). The molecule has 0 saturated heterocycles. The molecular weight excluding hydrogens is 441 g/mol. The molecule has 0 radical (unpaired) electrons. The lowest BCUT2D eigenvalue weighted by molar-refractivity contribution is 0.471. The number of anilines is 1. The minimum Gasteiger partial charge on any atom is -0.505 e. The monoisotopic (exact) mass is 457 g/mol. The molecule has 1 atom stereocenters. The van der Waals surface area contributed by atoms with Crippen molar-refractivity contribution in [2.24, 2.45) is 0 Å². The number of nitrogens with zero attached hydrogens (tertiary/aromatic N) is 2. The van der Waals surface area contributed by atoms with E-state index in [0.29, 0.717) is 37.4 Å². The molecule has 0 amide bonds. The van der Waals surface area contributed by atoms with Gasteiger partial charge in [-0.2, -0.15) is 0 Å². The van der Waals surface area contributed by atoms with Crippen LogP contribution >= 0.6 is 34.8 Å². The van der Waals surface area contributed by atoms with Crippen molar-refractivity contribution in [1.82, 2.24) is 9.97 Å². The van der Waals surface area contributed by atoms with E-state index in [2.05, 4.69) is 15.3 Å². The van der Waals surface area contributed by atoms with Gasteiger partial charge in [-0.3, -0.25) is 0 Å². The molecule has 4 rings (SSSR count). The third kappa shape index (κ3) is 4.04. The first-order chi connectivity index (χ1) is 14.3. The third-order valence-electron chi connectivity index (χ3n) is 4.84. The molecule has 4 aromatic rings. The number of aryl methyl sites for hydroxylation is 2. The molecule has 2 aromatic heterocycles. The van der Waals surface area contributed by atoms with Gasteiger partial charge in [0.1, 0.15) is 17.1 Å². The third-order valence-corrected chi connectivity index (χ3v) is 5.71. The maximum Gasteiger partial charge on any atom is 0.147 e. The van der Waals surface area contributed by atoms with Crippen molar-refractivity contribution in [2.75, 3.05) is 5.32 Å². The van der Waals surface area contributed by atoms with E-state index in [1.807, 2.05) is 50.2 Å². The van der Waals surface area contributed by atoms with Crippen LogP contribution in [-0.2, 0) is 0 Å². The number of phenolic OH excluding ortho intramolecular Hbond substituents is 1. The van der Waals surface area contributed by atoms with Gasteiger partial charge in [0.05, 0.1) is 11.1 Å². The first kappa shape index (κ1) is 20.7. The Labute approximate surface area is 189 Å². The van der Waals surface area contributed by atoms with Crippen LogP contribution in [0.3, 0.4) is 0 Å². The maximum absolute atomic E-state index is 11.2. The number of nitrogens with one attached hydrogen (secondary N) is 1. The normalized spacial score (nSPS) is 12.2. The van der Waals surface area contributed by atoms with Crippen LogP contribution < -0.4 is 5.32 Å². The molecule has 2 heterocycles. The van der Waals surface area contributed by atoms with E-state index in [4.69, 9.17) is 34.8 Å². The van der Waals surface area contributed by atoms with Crippen molar-refractivity contribution in [3.05, 3.63) is 92.2 Å². The number of benzene rings is 2. The van der Waals surface area contributed by atoms with Crippen LogP contribution in [0.4, 0.5) is 5.82 Å². The van der Waals surface area contributed by atoms with Gasteiger partial charge in [0.25, 0.3) is 0 Å². The van der Waals surface area contributed by atoms with Crippen molar-refractivity contribution in [3.63, 3.8) is 0 Å². The predicted octanol–water partition coefficient (Wildman–Crippen LogP) is 7.11. The minimum absolute atomic E-state index is 0.0364. The highest BCUT2D eigenvalue weighted by molar-refractivity contribution is 6.36. The lowest BCUT2D eigenvalue weighted by atomic mass is 9.96. The Bertz CT molecular complexity index is 1260. The van der Waals surface area contributed by atoms with Crippen LogP contribution in [-0.4, -0.2) is 15.1 Å². The first-order valence-corrected chi connectivity index (χ1v) is 10.4. The molecule has 7 heteroatoms. The summed E-state index contributed by atoms with van der Waals surface area (Å²) >= 11 is 19.2. The number of hydrogen-bond donors (Lipinski definition) is 2. The zero-order valence-corrected chi connectivity index (χ0v) is 18.5. The lowest BCUT2D eigenvalue weighted by Crippen LogP contribution is -2.14. The van der Waals surface area contributed by atoms with Gasteiger partial charge in [0.2, 0.25) is 0 Å². The summed E-state index contributed by atoms with van der Waals surface area (Å²) in [6.07, 6.45) is 0. The van der Waals surface area contributed by atoms with E-state index in [1.54, 1.807) is 18.2 Å². The average Bonchev–Trinajstić information content (AvgIpc) is 2.69. The summed E-state index contributed by atoms with van der Waals surface area (Å²) in [4.78, 5) is 9.03. The topological polar surface area (TPSA) is 58.0 Å². The second kappa shape index (κ2) is 8.31. The molecule has 2 aromatic carbocycles. The second-order valence-electron chi connectivity index (χ2n) is 7.05. The van der Waals surface area contributed by atoms with Crippen LogP contribution in [0.2, 0.25) is 15.1 Å². The maximum atomic E-state index is 11.2. The summed E-state index contributed by atoms with van der Waals surface area (Å²) in [6.45, 7) is 3.77. The summed E-state index contributed by atoms with van der Waals surface area (Å²) in [7, 11) is 0. The van der Waals surface area contributed by atoms with Crippen molar-refractivity contribution in [2.45, 2.75) is 19.9 Å². The number of hydrogen-bond acceptors (Lipinski definition) is 4. The van der Waals surface area contributed by atoms with Crippen LogP contribution in [0.1, 0.15) is 28.6 Å². The summed E-state index contributed by atoms with van der Waals surface area (Å²) in [5.74, 6) is 0.674. The molecule has 30 heavy (non-hydrogen) atoms. The molecule has 0 aliphatic heterocycles. The highest BCUT2D eigenvalue weighted by Crippen LogP contribution is 2.41. The Morgan fingerprint density at radius 1 is 0.833 bits per heavy atom. The molecule has 0 aliphatic rings. The number of aromatic hydroxyl groups is 1. The molecule has 0 bridgehead atoms. The number of aromatic nitrogens is 2. The Hall–Kier alpha value is -2.53. The molecule has 0 spiro atoms. The minimum atomic E-state index is -0.534. The Morgan fingerprint density at radius 2 is 1.60 bits per heavy atom. The van der Waals surface area contributed by atoms with E-state index < -0.39 is 6.04 Å². The zero-order chi connectivity index (χ0) is 21.4. The van der Waals surface area contributed by atoms with Crippen molar-refractivity contribution >= 4 is 51.5 Å². The fraction of sp³-hybridized carbons (Fsp3) is 0.130.